The van der Waals surface area contributed by atoms with E-state index in [1.807, 2.05) is 50.2 Å². The lowest BCUT2D eigenvalue weighted by atomic mass is 10.1. The average molecular weight is 421 g/mol. The molecule has 8 heteroatoms. The van der Waals surface area contributed by atoms with Crippen molar-refractivity contribution in [3.63, 3.8) is 0 Å². The van der Waals surface area contributed by atoms with Gasteiger partial charge in [0.2, 0.25) is 11.8 Å². The number of esters is 1. The fourth-order valence-electron chi connectivity index (χ4n) is 2.91. The lowest BCUT2D eigenvalue weighted by molar-refractivity contribution is -0.126. The fraction of sp³-hybridized carbons (Fsp3) is 0.217. The zero-order valence-electron chi connectivity index (χ0n) is 17.5. The van der Waals surface area contributed by atoms with Crippen LogP contribution in [0.2, 0.25) is 0 Å². The molecule has 1 aromatic heterocycles. The third kappa shape index (κ3) is 5.57. The summed E-state index contributed by atoms with van der Waals surface area (Å²) in [5, 5.41) is 5.19. The number of hydrogen-bond acceptors (Lipinski definition) is 6. The Morgan fingerprint density at radius 1 is 0.935 bits per heavy atom. The molecule has 31 heavy (non-hydrogen) atoms. The van der Waals surface area contributed by atoms with Gasteiger partial charge in [0, 0.05) is 11.3 Å². The van der Waals surface area contributed by atoms with E-state index in [1.54, 1.807) is 19.1 Å². The topological polar surface area (TPSA) is 111 Å². The lowest BCUT2D eigenvalue weighted by Gasteiger charge is -2.12. The maximum Gasteiger partial charge on any atom is 0.361 e. The van der Waals surface area contributed by atoms with E-state index >= 15 is 0 Å². The molecule has 0 unspecified atom stereocenters. The molecule has 8 nitrogen and oxygen atoms in total. The first-order chi connectivity index (χ1) is 14.8. The summed E-state index contributed by atoms with van der Waals surface area (Å²) < 4.78 is 10.5. The van der Waals surface area contributed by atoms with Crippen molar-refractivity contribution in [1.82, 2.24) is 10.3 Å². The highest BCUT2D eigenvalue weighted by Gasteiger charge is 2.20. The quantitative estimate of drug-likeness (QED) is 0.567. The first-order valence-corrected chi connectivity index (χ1v) is 9.68. The molecule has 0 saturated heterocycles. The third-order valence-electron chi connectivity index (χ3n) is 4.54. The molecule has 0 saturated carbocycles. The van der Waals surface area contributed by atoms with Crippen molar-refractivity contribution in [1.29, 1.82) is 0 Å². The van der Waals surface area contributed by atoms with E-state index in [2.05, 4.69) is 15.6 Å². The molecule has 0 aliphatic carbocycles. The summed E-state index contributed by atoms with van der Waals surface area (Å²) in [6, 6.07) is 14.8. The van der Waals surface area contributed by atoms with Gasteiger partial charge in [-0.3, -0.25) is 9.59 Å². The van der Waals surface area contributed by atoms with Gasteiger partial charge in [0.05, 0.1) is 6.54 Å². The maximum absolute atomic E-state index is 12.3. The van der Waals surface area contributed by atoms with Gasteiger partial charge in [0.25, 0.3) is 5.91 Å². The summed E-state index contributed by atoms with van der Waals surface area (Å²) in [5.41, 5.74) is 3.28. The number of nitrogens with zero attached hydrogens (tertiary/aromatic N) is 1. The van der Waals surface area contributed by atoms with Crippen LogP contribution in [0, 0.1) is 20.8 Å². The molecule has 160 valence electrons. The SMILES string of the molecule is Cc1cccc(C)c1NC(=O)CNC(=O)COC(=O)c1nc(-c2ccccc2)oc1C. The Balaban J connectivity index is 1.49. The molecule has 0 spiro atoms. The predicted molar refractivity (Wildman–Crippen MR) is 115 cm³/mol. The number of rotatable bonds is 7. The van der Waals surface area contributed by atoms with Crippen molar-refractivity contribution in [2.45, 2.75) is 20.8 Å². The van der Waals surface area contributed by atoms with Gasteiger partial charge < -0.3 is 19.8 Å². The van der Waals surface area contributed by atoms with Gasteiger partial charge in [-0.15, -0.1) is 0 Å². The summed E-state index contributed by atoms with van der Waals surface area (Å²) in [7, 11) is 0. The summed E-state index contributed by atoms with van der Waals surface area (Å²) in [6.45, 7) is 4.58. The highest BCUT2D eigenvalue weighted by Crippen LogP contribution is 2.22. The maximum atomic E-state index is 12.3. The van der Waals surface area contributed by atoms with Crippen LogP contribution in [0.3, 0.4) is 0 Å². The van der Waals surface area contributed by atoms with Crippen molar-refractivity contribution in [2.24, 2.45) is 0 Å². The molecule has 2 amide bonds. The molecular formula is C23H23N3O5. The Kier molecular flexibility index (Phi) is 6.81. The first kappa shape index (κ1) is 21.8. The van der Waals surface area contributed by atoms with Crippen LogP contribution in [-0.2, 0) is 14.3 Å². The second-order valence-electron chi connectivity index (χ2n) is 6.96. The number of aromatic nitrogens is 1. The van der Waals surface area contributed by atoms with Gasteiger partial charge in [0.1, 0.15) is 5.76 Å². The minimum atomic E-state index is -0.779. The lowest BCUT2D eigenvalue weighted by Crippen LogP contribution is -2.35. The van der Waals surface area contributed by atoms with Crippen molar-refractivity contribution in [3.8, 4) is 11.5 Å². The molecule has 2 N–H and O–H groups in total. The molecule has 0 aliphatic heterocycles. The van der Waals surface area contributed by atoms with Gasteiger partial charge in [0.15, 0.2) is 12.3 Å². The summed E-state index contributed by atoms with van der Waals surface area (Å²) in [6.07, 6.45) is 0. The van der Waals surface area contributed by atoms with E-state index in [-0.39, 0.29) is 29.8 Å². The Morgan fingerprint density at radius 2 is 1.61 bits per heavy atom. The van der Waals surface area contributed by atoms with E-state index in [4.69, 9.17) is 9.15 Å². The smallest absolute Gasteiger partial charge is 0.361 e. The normalized spacial score (nSPS) is 10.4. The molecule has 0 radical (unpaired) electrons. The standard InChI is InChI=1S/C23H23N3O5/c1-14-8-7-9-15(2)20(14)25-18(27)12-24-19(28)13-30-23(29)21-16(3)31-22(26-21)17-10-5-4-6-11-17/h4-11H,12-13H2,1-3H3,(H,24,28)(H,25,27). The molecule has 1 heterocycles. The molecule has 0 atom stereocenters. The number of para-hydroxylation sites is 1. The Bertz CT molecular complexity index is 1090. The second kappa shape index (κ2) is 9.71. The number of hydrogen-bond donors (Lipinski definition) is 2. The fourth-order valence-corrected chi connectivity index (χ4v) is 2.91. The molecular weight excluding hydrogens is 398 g/mol. The Labute approximate surface area is 179 Å². The number of carbonyl (C=O) groups is 3. The van der Waals surface area contributed by atoms with Crippen LogP contribution in [0.5, 0.6) is 0 Å². The average Bonchev–Trinajstić information content (AvgIpc) is 3.15. The number of carbonyl (C=O) groups excluding carboxylic acids is 3. The van der Waals surface area contributed by atoms with Crippen LogP contribution in [0.25, 0.3) is 11.5 Å². The minimum absolute atomic E-state index is 0.000533. The number of amides is 2. The van der Waals surface area contributed by atoms with E-state index in [0.717, 1.165) is 16.7 Å². The number of oxazole rings is 1. The van der Waals surface area contributed by atoms with Gasteiger partial charge in [-0.2, -0.15) is 0 Å². The molecule has 2 aromatic carbocycles. The summed E-state index contributed by atoms with van der Waals surface area (Å²) in [5.74, 6) is -1.18. The second-order valence-corrected chi connectivity index (χ2v) is 6.96. The number of anilines is 1. The van der Waals surface area contributed by atoms with Crippen LogP contribution in [-0.4, -0.2) is 35.9 Å². The van der Waals surface area contributed by atoms with E-state index < -0.39 is 18.5 Å². The highest BCUT2D eigenvalue weighted by atomic mass is 16.5. The molecule has 3 aromatic rings. The van der Waals surface area contributed by atoms with Crippen LogP contribution < -0.4 is 10.6 Å². The van der Waals surface area contributed by atoms with Gasteiger partial charge in [-0.05, 0) is 44.0 Å². The van der Waals surface area contributed by atoms with Gasteiger partial charge >= 0.3 is 5.97 Å². The van der Waals surface area contributed by atoms with Crippen molar-refractivity contribution in [3.05, 3.63) is 71.1 Å². The van der Waals surface area contributed by atoms with E-state index in [9.17, 15) is 14.4 Å². The Morgan fingerprint density at radius 3 is 2.29 bits per heavy atom. The van der Waals surface area contributed by atoms with Crippen LogP contribution in [0.4, 0.5) is 5.69 Å². The largest absolute Gasteiger partial charge is 0.451 e. The number of aryl methyl sites for hydroxylation is 3. The van der Waals surface area contributed by atoms with Crippen LogP contribution in [0.1, 0.15) is 27.4 Å². The van der Waals surface area contributed by atoms with E-state index in [0.29, 0.717) is 5.69 Å². The number of nitrogens with one attached hydrogen (secondary N) is 2. The Hall–Kier alpha value is -3.94. The zero-order valence-corrected chi connectivity index (χ0v) is 17.5. The summed E-state index contributed by atoms with van der Waals surface area (Å²) >= 11 is 0. The van der Waals surface area contributed by atoms with E-state index in [1.165, 1.54) is 0 Å². The number of benzene rings is 2. The minimum Gasteiger partial charge on any atom is -0.451 e. The van der Waals surface area contributed by atoms with Crippen molar-refractivity contribution >= 4 is 23.5 Å². The molecule has 0 fully saturated rings. The summed E-state index contributed by atoms with van der Waals surface area (Å²) in [4.78, 5) is 40.5. The third-order valence-corrected chi connectivity index (χ3v) is 4.54. The molecule has 0 aliphatic rings. The van der Waals surface area contributed by atoms with Crippen LogP contribution in [0.15, 0.2) is 52.9 Å². The van der Waals surface area contributed by atoms with Gasteiger partial charge in [-0.25, -0.2) is 9.78 Å². The first-order valence-electron chi connectivity index (χ1n) is 9.68. The van der Waals surface area contributed by atoms with Gasteiger partial charge in [-0.1, -0.05) is 36.4 Å². The van der Waals surface area contributed by atoms with Crippen molar-refractivity contribution < 1.29 is 23.5 Å². The van der Waals surface area contributed by atoms with Crippen molar-refractivity contribution in [2.75, 3.05) is 18.5 Å². The zero-order chi connectivity index (χ0) is 22.4. The highest BCUT2D eigenvalue weighted by molar-refractivity contribution is 5.96. The predicted octanol–water partition coefficient (Wildman–Crippen LogP) is 3.18. The monoisotopic (exact) mass is 421 g/mol. The molecule has 3 rings (SSSR count). The van der Waals surface area contributed by atoms with Crippen LogP contribution >= 0.6 is 0 Å². The molecule has 0 bridgehead atoms. The number of ether oxygens (including phenoxy) is 1.